The van der Waals surface area contributed by atoms with Crippen molar-refractivity contribution in [2.45, 2.75) is 63.2 Å². The number of hydrogen-bond donors (Lipinski definition) is 7. The maximum Gasteiger partial charge on any atom is 0.326 e. The number of carbonyl (C=O) groups is 4. The lowest BCUT2D eigenvalue weighted by Gasteiger charge is -2.28. The third-order valence-corrected chi connectivity index (χ3v) is 6.52. The van der Waals surface area contributed by atoms with Crippen molar-refractivity contribution in [3.8, 4) is 0 Å². The van der Waals surface area contributed by atoms with E-state index in [4.69, 9.17) is 17.2 Å². The molecule has 2 heterocycles. The smallest absolute Gasteiger partial charge is 0.326 e. The Morgan fingerprint density at radius 3 is 2.61 bits per heavy atom. The number of carboxylic acid groups (broad SMARTS) is 1. The Hall–Kier alpha value is -4.13. The first-order chi connectivity index (χ1) is 18.1. The van der Waals surface area contributed by atoms with Crippen LogP contribution in [0.15, 0.2) is 35.5 Å². The largest absolute Gasteiger partial charge is 0.480 e. The summed E-state index contributed by atoms with van der Waals surface area (Å²) in [7, 11) is 0. The number of fused-ring (bicyclic) bond motifs is 1. The molecule has 4 unspecified atom stereocenters. The molecule has 1 fully saturated rings. The maximum absolute atomic E-state index is 13.3. The SMILES string of the molecule is CC(N)C(=O)N1CCCC1C(=O)NC(CCCN=C(N)N)C(=O)NC(Cc1c[nH]c2ccccc12)C(=O)O. The minimum absolute atomic E-state index is 0.0407. The van der Waals surface area contributed by atoms with Gasteiger partial charge in [-0.3, -0.25) is 19.4 Å². The fraction of sp³-hybridized carbons (Fsp3) is 0.480. The zero-order valence-corrected chi connectivity index (χ0v) is 21.4. The highest BCUT2D eigenvalue weighted by Gasteiger charge is 2.37. The summed E-state index contributed by atoms with van der Waals surface area (Å²) < 4.78 is 0. The van der Waals surface area contributed by atoms with E-state index in [1.807, 2.05) is 24.3 Å². The van der Waals surface area contributed by atoms with Crippen LogP contribution in [0.1, 0.15) is 38.2 Å². The number of hydrogen-bond acceptors (Lipinski definition) is 6. The third-order valence-electron chi connectivity index (χ3n) is 6.52. The molecule has 3 amide bonds. The van der Waals surface area contributed by atoms with E-state index in [1.54, 1.807) is 13.1 Å². The molecule has 3 rings (SSSR count). The van der Waals surface area contributed by atoms with Crippen LogP contribution in [0.25, 0.3) is 10.9 Å². The lowest BCUT2D eigenvalue weighted by molar-refractivity contribution is -0.143. The molecule has 4 atom stereocenters. The summed E-state index contributed by atoms with van der Waals surface area (Å²) in [4.78, 5) is 59.3. The number of H-pyrrole nitrogens is 1. The normalized spacial score (nSPS) is 17.4. The Morgan fingerprint density at radius 2 is 1.92 bits per heavy atom. The zero-order valence-electron chi connectivity index (χ0n) is 21.4. The topological polar surface area (TPSA) is 222 Å². The average Bonchev–Trinajstić information content (AvgIpc) is 3.52. The van der Waals surface area contributed by atoms with Crippen molar-refractivity contribution in [2.24, 2.45) is 22.2 Å². The number of aromatic nitrogens is 1. The fourth-order valence-electron chi connectivity index (χ4n) is 4.60. The van der Waals surface area contributed by atoms with Crippen molar-refractivity contribution in [1.82, 2.24) is 20.5 Å². The van der Waals surface area contributed by atoms with Crippen molar-refractivity contribution in [1.29, 1.82) is 0 Å². The summed E-state index contributed by atoms with van der Waals surface area (Å²) in [6, 6.07) is 3.63. The van der Waals surface area contributed by atoms with E-state index in [2.05, 4.69) is 20.6 Å². The highest BCUT2D eigenvalue weighted by atomic mass is 16.4. The van der Waals surface area contributed by atoms with Crippen LogP contribution in [0, 0.1) is 0 Å². The van der Waals surface area contributed by atoms with Gasteiger partial charge in [-0.1, -0.05) is 18.2 Å². The molecule has 13 heteroatoms. The molecule has 10 N–H and O–H groups in total. The molecule has 0 spiro atoms. The molecule has 206 valence electrons. The van der Waals surface area contributed by atoms with Crippen LogP contribution in [-0.4, -0.2) is 81.9 Å². The van der Waals surface area contributed by atoms with Crippen LogP contribution >= 0.6 is 0 Å². The van der Waals surface area contributed by atoms with Crippen LogP contribution in [0.3, 0.4) is 0 Å². The van der Waals surface area contributed by atoms with E-state index in [9.17, 15) is 24.3 Å². The minimum atomic E-state index is -1.23. The van der Waals surface area contributed by atoms with E-state index >= 15 is 0 Å². The van der Waals surface area contributed by atoms with Crippen molar-refractivity contribution >= 4 is 40.6 Å². The van der Waals surface area contributed by atoms with E-state index in [-0.39, 0.29) is 31.3 Å². The second-order valence-corrected chi connectivity index (χ2v) is 9.45. The Kier molecular flexibility index (Phi) is 9.66. The number of aliphatic imine (C=N–C) groups is 1. The van der Waals surface area contributed by atoms with Crippen LogP contribution in [0.4, 0.5) is 0 Å². The number of carbonyl (C=O) groups excluding carboxylic acids is 3. The molecule has 13 nitrogen and oxygen atoms in total. The summed E-state index contributed by atoms with van der Waals surface area (Å²) in [6.45, 7) is 2.17. The highest BCUT2D eigenvalue weighted by Crippen LogP contribution is 2.20. The van der Waals surface area contributed by atoms with Gasteiger partial charge in [0.2, 0.25) is 17.7 Å². The second-order valence-electron chi connectivity index (χ2n) is 9.45. The van der Waals surface area contributed by atoms with E-state index < -0.39 is 42.0 Å². The summed E-state index contributed by atoms with van der Waals surface area (Å²) in [5.41, 5.74) is 18.0. The van der Waals surface area contributed by atoms with Gasteiger partial charge < -0.3 is 42.8 Å². The van der Waals surface area contributed by atoms with Gasteiger partial charge in [0, 0.05) is 36.6 Å². The number of carboxylic acids is 1. The van der Waals surface area contributed by atoms with Crippen molar-refractivity contribution in [2.75, 3.05) is 13.1 Å². The lowest BCUT2D eigenvalue weighted by atomic mass is 10.0. The molecule has 1 aromatic heterocycles. The summed E-state index contributed by atoms with van der Waals surface area (Å²) in [5, 5.41) is 16.0. The first-order valence-electron chi connectivity index (χ1n) is 12.6. The van der Waals surface area contributed by atoms with Gasteiger partial charge in [-0.15, -0.1) is 0 Å². The second kappa shape index (κ2) is 12.9. The minimum Gasteiger partial charge on any atom is -0.480 e. The highest BCUT2D eigenvalue weighted by molar-refractivity contribution is 5.94. The van der Waals surface area contributed by atoms with Crippen molar-refractivity contribution in [3.63, 3.8) is 0 Å². The number of aliphatic carboxylic acids is 1. The third kappa shape index (κ3) is 7.22. The first kappa shape index (κ1) is 28.4. The van der Waals surface area contributed by atoms with Crippen LogP contribution in [0.5, 0.6) is 0 Å². The number of nitrogens with two attached hydrogens (primary N) is 3. The molecule has 1 aliphatic heterocycles. The van der Waals surface area contributed by atoms with Gasteiger partial charge in [-0.25, -0.2) is 4.79 Å². The maximum atomic E-state index is 13.3. The molecule has 1 aromatic carbocycles. The van der Waals surface area contributed by atoms with Crippen molar-refractivity contribution in [3.05, 3.63) is 36.0 Å². The Labute approximate surface area is 220 Å². The molecule has 1 saturated heterocycles. The number of nitrogens with one attached hydrogen (secondary N) is 3. The van der Waals surface area contributed by atoms with Crippen molar-refractivity contribution < 1.29 is 24.3 Å². The molecule has 0 aliphatic carbocycles. The summed E-state index contributed by atoms with van der Waals surface area (Å²) in [5.74, 6) is -2.81. The number of rotatable bonds is 12. The number of aromatic amines is 1. The number of benzene rings is 1. The molecule has 0 radical (unpaired) electrons. The average molecular weight is 529 g/mol. The van der Waals surface area contributed by atoms with Gasteiger partial charge in [0.15, 0.2) is 5.96 Å². The van der Waals surface area contributed by atoms with Crippen LogP contribution < -0.4 is 27.8 Å². The van der Waals surface area contributed by atoms with Gasteiger partial charge in [0.25, 0.3) is 0 Å². The molecule has 1 aliphatic rings. The number of para-hydroxylation sites is 1. The molecule has 0 bridgehead atoms. The van der Waals surface area contributed by atoms with E-state index in [0.29, 0.717) is 25.8 Å². The summed E-state index contributed by atoms with van der Waals surface area (Å²) >= 11 is 0. The van der Waals surface area contributed by atoms with Crippen LogP contribution in [0.2, 0.25) is 0 Å². The van der Waals surface area contributed by atoms with Gasteiger partial charge in [0.05, 0.1) is 6.04 Å². The van der Waals surface area contributed by atoms with Gasteiger partial charge >= 0.3 is 5.97 Å². The standard InChI is InChI=1S/C25H36N8O5/c1-14(26)23(36)33-11-5-9-20(33)22(35)31-18(8-4-10-29-25(27)28)21(34)32-19(24(37)38)12-15-13-30-17-7-3-2-6-16(15)17/h2-3,6-7,13-14,18-20,30H,4-5,8-12,26H2,1H3,(H,31,35)(H,32,34)(H,37,38)(H4,27,28,29). The predicted molar refractivity (Wildman–Crippen MR) is 142 cm³/mol. The number of likely N-dealkylation sites (tertiary alicyclic amines) is 1. The van der Waals surface area contributed by atoms with E-state index in [1.165, 1.54) is 4.90 Å². The predicted octanol–water partition coefficient (Wildman–Crippen LogP) is -0.844. The van der Waals surface area contributed by atoms with Gasteiger partial charge in [0.1, 0.15) is 18.1 Å². The number of amides is 3. The molecule has 38 heavy (non-hydrogen) atoms. The van der Waals surface area contributed by atoms with Gasteiger partial charge in [-0.2, -0.15) is 0 Å². The lowest BCUT2D eigenvalue weighted by Crippen LogP contribution is -2.56. The molecular weight excluding hydrogens is 492 g/mol. The van der Waals surface area contributed by atoms with Gasteiger partial charge in [-0.05, 0) is 44.2 Å². The fourth-order valence-corrected chi connectivity index (χ4v) is 4.60. The van der Waals surface area contributed by atoms with Crippen LogP contribution in [-0.2, 0) is 25.6 Å². The monoisotopic (exact) mass is 528 g/mol. The Bertz CT molecular complexity index is 1190. The number of guanidine groups is 1. The number of nitrogens with zero attached hydrogens (tertiary/aromatic N) is 2. The first-order valence-corrected chi connectivity index (χ1v) is 12.6. The molecule has 2 aromatic rings. The molecule has 0 saturated carbocycles. The quantitative estimate of drug-likeness (QED) is 0.104. The van der Waals surface area contributed by atoms with E-state index in [0.717, 1.165) is 16.5 Å². The Morgan fingerprint density at radius 1 is 1.18 bits per heavy atom. The summed E-state index contributed by atoms with van der Waals surface area (Å²) in [6.07, 6.45) is 3.32. The Balaban J connectivity index is 1.74. The zero-order chi connectivity index (χ0) is 27.8. The molecular formula is C25H36N8O5.